The fourth-order valence-corrected chi connectivity index (χ4v) is 3.65. The van der Waals surface area contributed by atoms with Gasteiger partial charge in [0.05, 0.1) is 13.2 Å². The molecule has 1 aromatic rings. The second-order valence-corrected chi connectivity index (χ2v) is 6.74. The molecule has 5 nitrogen and oxygen atoms in total. The second-order valence-electron chi connectivity index (χ2n) is 6.74. The molecule has 2 aliphatic rings. The minimum atomic E-state index is -0.0597. The molecule has 5 heteroatoms. The number of nitrogens with one attached hydrogen (secondary N) is 2. The number of ether oxygens (including phenoxy) is 1. The third kappa shape index (κ3) is 4.03. The molecule has 1 fully saturated rings. The van der Waals surface area contributed by atoms with Crippen molar-refractivity contribution in [2.24, 2.45) is 0 Å². The van der Waals surface area contributed by atoms with Gasteiger partial charge in [0.2, 0.25) is 0 Å². The van der Waals surface area contributed by atoms with E-state index in [1.807, 2.05) is 0 Å². The fraction of sp³-hybridized carbons (Fsp3) is 0.611. The molecule has 0 spiro atoms. The normalized spacial score (nSPS) is 23.3. The number of benzene rings is 1. The lowest BCUT2D eigenvalue weighted by atomic mass is 10.1. The zero-order valence-corrected chi connectivity index (χ0v) is 14.0. The summed E-state index contributed by atoms with van der Waals surface area (Å²) in [5.74, 6) is 0. The summed E-state index contributed by atoms with van der Waals surface area (Å²) in [7, 11) is 0. The number of fused-ring (bicyclic) bond motifs is 1. The van der Waals surface area contributed by atoms with Gasteiger partial charge >= 0.3 is 6.03 Å². The van der Waals surface area contributed by atoms with Crippen LogP contribution in [0.4, 0.5) is 4.79 Å². The highest BCUT2D eigenvalue weighted by atomic mass is 16.5. The quantitative estimate of drug-likeness (QED) is 0.886. The van der Waals surface area contributed by atoms with Crippen LogP contribution < -0.4 is 10.6 Å². The summed E-state index contributed by atoms with van der Waals surface area (Å²) < 4.78 is 5.47. The highest BCUT2D eigenvalue weighted by molar-refractivity contribution is 5.74. The van der Waals surface area contributed by atoms with Gasteiger partial charge in [0, 0.05) is 31.2 Å². The van der Waals surface area contributed by atoms with Crippen LogP contribution in [0, 0.1) is 0 Å². The smallest absolute Gasteiger partial charge is 0.315 e. The average Bonchev–Trinajstić information content (AvgIpc) is 2.95. The van der Waals surface area contributed by atoms with Crippen molar-refractivity contribution < 1.29 is 9.53 Å². The summed E-state index contributed by atoms with van der Waals surface area (Å²) in [6.45, 7) is 7.48. The van der Waals surface area contributed by atoms with Crippen molar-refractivity contribution in [1.29, 1.82) is 0 Å². The third-order valence-electron chi connectivity index (χ3n) is 4.93. The molecule has 1 heterocycles. The zero-order valence-electron chi connectivity index (χ0n) is 14.0. The maximum atomic E-state index is 12.2. The molecule has 0 bridgehead atoms. The van der Waals surface area contributed by atoms with Gasteiger partial charge in [-0.2, -0.15) is 0 Å². The molecule has 2 N–H and O–H groups in total. The Balaban J connectivity index is 1.42. The molecule has 0 aromatic heterocycles. The molecule has 1 aliphatic heterocycles. The largest absolute Gasteiger partial charge is 0.379 e. The van der Waals surface area contributed by atoms with E-state index in [0.29, 0.717) is 18.6 Å². The summed E-state index contributed by atoms with van der Waals surface area (Å²) in [4.78, 5) is 14.6. The molecule has 2 atom stereocenters. The molecule has 1 aromatic carbocycles. The summed E-state index contributed by atoms with van der Waals surface area (Å²) in [5.41, 5.74) is 2.71. The summed E-state index contributed by atoms with van der Waals surface area (Å²) in [6, 6.07) is 9.31. The van der Waals surface area contributed by atoms with Crippen LogP contribution in [-0.2, 0) is 17.6 Å². The van der Waals surface area contributed by atoms with Gasteiger partial charge < -0.3 is 15.4 Å². The van der Waals surface area contributed by atoms with E-state index < -0.39 is 0 Å². The standard InChI is InChI=1S/C18H27N3O2/c1-13(21-7-8-23-12-14(21)2)11-19-18(22)20-17-9-15-5-3-4-6-16(15)10-17/h3-6,13-14,17H,7-12H2,1-2H3,(H2,19,20,22)/t13-,14+/m0/s1. The minimum absolute atomic E-state index is 0.0597. The molecule has 0 radical (unpaired) electrons. The first-order valence-electron chi connectivity index (χ1n) is 8.58. The predicted molar refractivity (Wildman–Crippen MR) is 90.6 cm³/mol. The maximum absolute atomic E-state index is 12.2. The maximum Gasteiger partial charge on any atom is 0.315 e. The number of rotatable bonds is 4. The summed E-state index contributed by atoms with van der Waals surface area (Å²) in [5, 5.41) is 6.12. The number of hydrogen-bond acceptors (Lipinski definition) is 3. The van der Waals surface area contributed by atoms with E-state index in [9.17, 15) is 4.79 Å². The van der Waals surface area contributed by atoms with E-state index >= 15 is 0 Å². The Morgan fingerprint density at radius 1 is 1.35 bits per heavy atom. The number of carbonyl (C=O) groups excluding carboxylic acids is 1. The summed E-state index contributed by atoms with van der Waals surface area (Å²) >= 11 is 0. The number of carbonyl (C=O) groups is 1. The van der Waals surface area contributed by atoms with Crippen LogP contribution in [0.15, 0.2) is 24.3 Å². The number of amides is 2. The Hall–Kier alpha value is -1.59. The van der Waals surface area contributed by atoms with Gasteiger partial charge in [-0.05, 0) is 37.8 Å². The van der Waals surface area contributed by atoms with Gasteiger partial charge in [0.15, 0.2) is 0 Å². The third-order valence-corrected chi connectivity index (χ3v) is 4.93. The van der Waals surface area contributed by atoms with E-state index in [2.05, 4.69) is 53.6 Å². The van der Waals surface area contributed by atoms with Crippen LogP contribution in [0.3, 0.4) is 0 Å². The Bertz CT molecular complexity index is 524. The molecule has 2 amide bonds. The first-order chi connectivity index (χ1) is 11.1. The van der Waals surface area contributed by atoms with Gasteiger partial charge in [0.1, 0.15) is 0 Å². The average molecular weight is 317 g/mol. The lowest BCUT2D eigenvalue weighted by molar-refractivity contribution is -0.0176. The molecule has 1 aliphatic carbocycles. The highest BCUT2D eigenvalue weighted by Gasteiger charge is 2.25. The Morgan fingerprint density at radius 2 is 2.04 bits per heavy atom. The van der Waals surface area contributed by atoms with Crippen molar-refractivity contribution in [2.75, 3.05) is 26.3 Å². The zero-order chi connectivity index (χ0) is 16.2. The van der Waals surface area contributed by atoms with Gasteiger partial charge in [-0.15, -0.1) is 0 Å². The van der Waals surface area contributed by atoms with E-state index in [1.54, 1.807) is 0 Å². The Kier molecular flexibility index (Phi) is 5.18. The molecule has 1 saturated heterocycles. The van der Waals surface area contributed by atoms with E-state index in [1.165, 1.54) is 11.1 Å². The molecule has 23 heavy (non-hydrogen) atoms. The van der Waals surface area contributed by atoms with Crippen molar-refractivity contribution in [3.8, 4) is 0 Å². The second kappa shape index (κ2) is 7.32. The lowest BCUT2D eigenvalue weighted by Crippen LogP contribution is -2.53. The van der Waals surface area contributed by atoms with Crippen LogP contribution in [0.25, 0.3) is 0 Å². The van der Waals surface area contributed by atoms with Crippen molar-refractivity contribution >= 4 is 6.03 Å². The van der Waals surface area contributed by atoms with Crippen molar-refractivity contribution in [3.05, 3.63) is 35.4 Å². The molecule has 126 valence electrons. The molecule has 0 unspecified atom stereocenters. The van der Waals surface area contributed by atoms with Crippen LogP contribution in [0.1, 0.15) is 25.0 Å². The number of hydrogen-bond donors (Lipinski definition) is 2. The van der Waals surface area contributed by atoms with Crippen molar-refractivity contribution in [3.63, 3.8) is 0 Å². The first-order valence-corrected chi connectivity index (χ1v) is 8.58. The monoisotopic (exact) mass is 317 g/mol. The van der Waals surface area contributed by atoms with Gasteiger partial charge in [0.25, 0.3) is 0 Å². The molecule has 0 saturated carbocycles. The van der Waals surface area contributed by atoms with Crippen LogP contribution in [0.5, 0.6) is 0 Å². The number of nitrogens with zero attached hydrogens (tertiary/aromatic N) is 1. The molecular weight excluding hydrogens is 290 g/mol. The predicted octanol–water partition coefficient (Wildman–Crippen LogP) is 1.56. The van der Waals surface area contributed by atoms with Crippen LogP contribution >= 0.6 is 0 Å². The Labute approximate surface area is 138 Å². The van der Waals surface area contributed by atoms with Gasteiger partial charge in [-0.1, -0.05) is 24.3 Å². The van der Waals surface area contributed by atoms with Crippen LogP contribution in [0.2, 0.25) is 0 Å². The van der Waals surface area contributed by atoms with Crippen molar-refractivity contribution in [2.45, 2.75) is 44.8 Å². The summed E-state index contributed by atoms with van der Waals surface area (Å²) in [6.07, 6.45) is 1.86. The lowest BCUT2D eigenvalue weighted by Gasteiger charge is -2.37. The van der Waals surface area contributed by atoms with Gasteiger partial charge in [-0.3, -0.25) is 4.90 Å². The van der Waals surface area contributed by atoms with E-state index in [4.69, 9.17) is 4.74 Å². The SMILES string of the molecule is C[C@@H]1COCCN1[C@@H](C)CNC(=O)NC1Cc2ccccc2C1. The molecular formula is C18H27N3O2. The van der Waals surface area contributed by atoms with E-state index in [-0.39, 0.29) is 12.1 Å². The van der Waals surface area contributed by atoms with Crippen molar-refractivity contribution in [1.82, 2.24) is 15.5 Å². The van der Waals surface area contributed by atoms with Crippen LogP contribution in [-0.4, -0.2) is 55.4 Å². The fourth-order valence-electron chi connectivity index (χ4n) is 3.65. The number of urea groups is 1. The Morgan fingerprint density at radius 3 is 2.70 bits per heavy atom. The molecule has 3 rings (SSSR count). The van der Waals surface area contributed by atoms with Gasteiger partial charge in [-0.25, -0.2) is 4.79 Å². The van der Waals surface area contributed by atoms with E-state index in [0.717, 1.165) is 32.6 Å². The topological polar surface area (TPSA) is 53.6 Å². The highest BCUT2D eigenvalue weighted by Crippen LogP contribution is 2.21. The number of morpholine rings is 1. The first kappa shape index (κ1) is 16.3. The minimum Gasteiger partial charge on any atom is -0.379 e.